The molecule has 3 rings (SSSR count). The molecule has 0 heterocycles. The summed E-state index contributed by atoms with van der Waals surface area (Å²) in [5, 5.41) is 2.37. The highest BCUT2D eigenvalue weighted by atomic mass is 79.9. The van der Waals surface area contributed by atoms with Gasteiger partial charge in [0.2, 0.25) is 0 Å². The van der Waals surface area contributed by atoms with Gasteiger partial charge in [0, 0.05) is 4.83 Å². The standard InChI is InChI=1S/C18H13BrF2/c19-16(14-8-9-17(20)18(21)11-14)10-13-6-3-5-12-4-1-2-7-15(12)13/h1-9,11,16H,10H2. The Kier molecular flexibility index (Phi) is 4.02. The monoisotopic (exact) mass is 346 g/mol. The summed E-state index contributed by atoms with van der Waals surface area (Å²) in [6.45, 7) is 0. The van der Waals surface area contributed by atoms with Gasteiger partial charge in [-0.15, -0.1) is 0 Å². The molecule has 3 aromatic carbocycles. The number of fused-ring (bicyclic) bond motifs is 1. The lowest BCUT2D eigenvalue weighted by atomic mass is 9.98. The van der Waals surface area contributed by atoms with Crippen LogP contribution in [0.4, 0.5) is 8.78 Å². The number of benzene rings is 3. The summed E-state index contributed by atoms with van der Waals surface area (Å²) in [6.07, 6.45) is 0.715. The summed E-state index contributed by atoms with van der Waals surface area (Å²) >= 11 is 3.58. The lowest BCUT2D eigenvalue weighted by molar-refractivity contribution is 0.507. The number of hydrogen-bond donors (Lipinski definition) is 0. The topological polar surface area (TPSA) is 0 Å². The van der Waals surface area contributed by atoms with E-state index in [0.717, 1.165) is 5.56 Å². The second kappa shape index (κ2) is 5.94. The van der Waals surface area contributed by atoms with Crippen LogP contribution < -0.4 is 0 Å². The third-order valence-electron chi connectivity index (χ3n) is 3.58. The van der Waals surface area contributed by atoms with Crippen LogP contribution in [0, 0.1) is 11.6 Å². The minimum atomic E-state index is -0.816. The first-order chi connectivity index (χ1) is 10.1. The van der Waals surface area contributed by atoms with Gasteiger partial charge in [0.15, 0.2) is 11.6 Å². The Morgan fingerprint density at radius 1 is 0.857 bits per heavy atom. The SMILES string of the molecule is Fc1ccc(C(Br)Cc2cccc3ccccc23)cc1F. The van der Waals surface area contributed by atoms with E-state index in [2.05, 4.69) is 40.2 Å². The average Bonchev–Trinajstić information content (AvgIpc) is 2.50. The average molecular weight is 347 g/mol. The summed E-state index contributed by atoms with van der Waals surface area (Å²) in [6, 6.07) is 18.3. The van der Waals surface area contributed by atoms with E-state index in [1.165, 1.54) is 28.5 Å². The minimum absolute atomic E-state index is 0.0570. The molecule has 0 aliphatic heterocycles. The van der Waals surface area contributed by atoms with Crippen LogP contribution >= 0.6 is 15.9 Å². The molecule has 0 saturated carbocycles. The zero-order valence-electron chi connectivity index (χ0n) is 11.2. The highest BCUT2D eigenvalue weighted by Gasteiger charge is 2.13. The molecule has 0 spiro atoms. The molecule has 0 saturated heterocycles. The van der Waals surface area contributed by atoms with Crippen LogP contribution in [0.5, 0.6) is 0 Å². The van der Waals surface area contributed by atoms with Gasteiger partial charge in [-0.2, -0.15) is 0 Å². The fraction of sp³-hybridized carbons (Fsp3) is 0.111. The van der Waals surface area contributed by atoms with E-state index in [-0.39, 0.29) is 4.83 Å². The molecule has 0 aliphatic carbocycles. The summed E-state index contributed by atoms with van der Waals surface area (Å²) in [7, 11) is 0. The normalized spacial score (nSPS) is 12.5. The first-order valence-corrected chi connectivity index (χ1v) is 7.62. The van der Waals surface area contributed by atoms with Crippen molar-refractivity contribution in [3.05, 3.63) is 83.4 Å². The Morgan fingerprint density at radius 3 is 2.43 bits per heavy atom. The Labute approximate surface area is 130 Å². The molecule has 1 unspecified atom stereocenters. The molecule has 0 aliphatic rings. The highest BCUT2D eigenvalue weighted by Crippen LogP contribution is 2.30. The van der Waals surface area contributed by atoms with Crippen molar-refractivity contribution in [3.8, 4) is 0 Å². The van der Waals surface area contributed by atoms with Gasteiger partial charge >= 0.3 is 0 Å². The summed E-state index contributed by atoms with van der Waals surface area (Å²) in [4.78, 5) is -0.0570. The molecule has 0 radical (unpaired) electrons. The van der Waals surface area contributed by atoms with Gasteiger partial charge in [0.25, 0.3) is 0 Å². The Morgan fingerprint density at radius 2 is 1.62 bits per heavy atom. The van der Waals surface area contributed by atoms with Gasteiger partial charge in [-0.3, -0.25) is 0 Å². The second-order valence-electron chi connectivity index (χ2n) is 4.98. The molecule has 3 heteroatoms. The molecular weight excluding hydrogens is 334 g/mol. The van der Waals surface area contributed by atoms with Gasteiger partial charge < -0.3 is 0 Å². The van der Waals surface area contributed by atoms with Crippen molar-refractivity contribution in [3.63, 3.8) is 0 Å². The van der Waals surface area contributed by atoms with E-state index < -0.39 is 11.6 Å². The van der Waals surface area contributed by atoms with E-state index >= 15 is 0 Å². The Bertz CT molecular complexity index is 778. The Hall–Kier alpha value is -1.74. The summed E-state index contributed by atoms with van der Waals surface area (Å²) in [5.41, 5.74) is 1.92. The smallest absolute Gasteiger partial charge is 0.159 e. The lowest BCUT2D eigenvalue weighted by Crippen LogP contribution is -1.98. The van der Waals surface area contributed by atoms with Crippen LogP contribution in [0.15, 0.2) is 60.7 Å². The molecule has 0 bridgehead atoms. The van der Waals surface area contributed by atoms with E-state index in [0.29, 0.717) is 6.42 Å². The largest absolute Gasteiger partial charge is 0.204 e. The third-order valence-corrected chi connectivity index (χ3v) is 4.44. The van der Waals surface area contributed by atoms with Crippen molar-refractivity contribution in [2.75, 3.05) is 0 Å². The minimum Gasteiger partial charge on any atom is -0.204 e. The number of rotatable bonds is 3. The van der Waals surface area contributed by atoms with Crippen LogP contribution in [0.1, 0.15) is 16.0 Å². The number of alkyl halides is 1. The van der Waals surface area contributed by atoms with Crippen LogP contribution in [-0.4, -0.2) is 0 Å². The van der Waals surface area contributed by atoms with Crippen LogP contribution in [0.2, 0.25) is 0 Å². The molecule has 0 fully saturated rings. The van der Waals surface area contributed by atoms with Crippen molar-refractivity contribution in [2.45, 2.75) is 11.2 Å². The second-order valence-corrected chi connectivity index (χ2v) is 6.09. The van der Waals surface area contributed by atoms with Crippen LogP contribution in [0.3, 0.4) is 0 Å². The molecule has 0 aromatic heterocycles. The molecule has 0 amide bonds. The number of halogens is 3. The van der Waals surface area contributed by atoms with Crippen molar-refractivity contribution < 1.29 is 8.78 Å². The van der Waals surface area contributed by atoms with Crippen molar-refractivity contribution in [1.82, 2.24) is 0 Å². The third kappa shape index (κ3) is 2.98. The summed E-state index contributed by atoms with van der Waals surface area (Å²) in [5.74, 6) is -1.63. The molecule has 21 heavy (non-hydrogen) atoms. The zero-order valence-corrected chi connectivity index (χ0v) is 12.8. The Balaban J connectivity index is 1.92. The van der Waals surface area contributed by atoms with Crippen molar-refractivity contribution in [2.24, 2.45) is 0 Å². The fourth-order valence-electron chi connectivity index (χ4n) is 2.49. The zero-order chi connectivity index (χ0) is 14.8. The van der Waals surface area contributed by atoms with Gasteiger partial charge in [-0.05, 0) is 40.5 Å². The van der Waals surface area contributed by atoms with Gasteiger partial charge in [0.1, 0.15) is 0 Å². The maximum Gasteiger partial charge on any atom is 0.159 e. The molecular formula is C18H13BrF2. The van der Waals surface area contributed by atoms with Crippen molar-refractivity contribution >= 4 is 26.7 Å². The van der Waals surface area contributed by atoms with Gasteiger partial charge in [-0.25, -0.2) is 8.78 Å². The molecule has 1 atom stereocenters. The molecule has 0 nitrogen and oxygen atoms in total. The van der Waals surface area contributed by atoms with Gasteiger partial charge in [-0.1, -0.05) is 64.5 Å². The summed E-state index contributed by atoms with van der Waals surface area (Å²) < 4.78 is 26.3. The first-order valence-electron chi connectivity index (χ1n) is 6.71. The maximum absolute atomic E-state index is 13.3. The van der Waals surface area contributed by atoms with Gasteiger partial charge in [0.05, 0.1) is 0 Å². The van der Waals surface area contributed by atoms with Crippen LogP contribution in [0.25, 0.3) is 10.8 Å². The number of hydrogen-bond acceptors (Lipinski definition) is 0. The van der Waals surface area contributed by atoms with Crippen molar-refractivity contribution in [1.29, 1.82) is 0 Å². The predicted octanol–water partition coefficient (Wildman–Crippen LogP) is 5.80. The molecule has 0 N–H and O–H groups in total. The lowest BCUT2D eigenvalue weighted by Gasteiger charge is -2.13. The molecule has 3 aromatic rings. The van der Waals surface area contributed by atoms with Crippen LogP contribution in [-0.2, 0) is 6.42 Å². The fourth-order valence-corrected chi connectivity index (χ4v) is 3.12. The van der Waals surface area contributed by atoms with E-state index in [4.69, 9.17) is 0 Å². The highest BCUT2D eigenvalue weighted by molar-refractivity contribution is 9.09. The quantitative estimate of drug-likeness (QED) is 0.526. The predicted molar refractivity (Wildman–Crippen MR) is 85.7 cm³/mol. The van der Waals surface area contributed by atoms with E-state index in [1.54, 1.807) is 6.07 Å². The van der Waals surface area contributed by atoms with E-state index in [1.807, 2.05) is 18.2 Å². The van der Waals surface area contributed by atoms with E-state index in [9.17, 15) is 8.78 Å². The molecule has 106 valence electrons. The first kappa shape index (κ1) is 14.2. The maximum atomic E-state index is 13.3.